The number of carbonyl (C=O) groups is 1. The molecule has 2 nitrogen and oxygen atoms in total. The van der Waals surface area contributed by atoms with Crippen LogP contribution < -0.4 is 5.73 Å². The van der Waals surface area contributed by atoms with E-state index >= 15 is 0 Å². The Morgan fingerprint density at radius 3 is 2.33 bits per heavy atom. The summed E-state index contributed by atoms with van der Waals surface area (Å²) in [6, 6.07) is 7.19. The lowest BCUT2D eigenvalue weighted by atomic mass is 10.1. The molecule has 0 spiro atoms. The zero-order valence-electron chi connectivity index (χ0n) is 6.12. The van der Waals surface area contributed by atoms with Gasteiger partial charge in [-0.05, 0) is 17.7 Å². The van der Waals surface area contributed by atoms with Gasteiger partial charge in [0.25, 0.3) is 5.91 Å². The number of benzene rings is 1. The fraction of sp³-hybridized carbons (Fsp3) is 0.125. The van der Waals surface area contributed by atoms with Crippen LogP contribution in [0.1, 0.15) is 10.8 Å². The van der Waals surface area contributed by atoms with Gasteiger partial charge in [-0.1, -0.05) is 28.1 Å². The van der Waals surface area contributed by atoms with Crippen molar-refractivity contribution in [3.8, 4) is 0 Å². The summed E-state index contributed by atoms with van der Waals surface area (Å²) in [5.74, 6) is -0.680. The molecule has 0 heterocycles. The Morgan fingerprint density at radius 1 is 1.42 bits per heavy atom. The molecular formula is C8H7BrNOS. The van der Waals surface area contributed by atoms with Crippen molar-refractivity contribution in [1.82, 2.24) is 5.73 Å². The maximum atomic E-state index is 10.6. The molecule has 1 N–H and O–H groups in total. The predicted octanol–water partition coefficient (Wildman–Crippen LogP) is 2.23. The Bertz CT molecular complexity index is 286. The molecule has 0 aliphatic carbocycles. The average Bonchev–Trinajstić information content (AvgIpc) is 2.04. The summed E-state index contributed by atoms with van der Waals surface area (Å²) in [6.45, 7) is 0. The van der Waals surface area contributed by atoms with E-state index in [1.54, 1.807) is 12.1 Å². The van der Waals surface area contributed by atoms with Crippen molar-refractivity contribution < 1.29 is 4.79 Å². The molecule has 0 aliphatic heterocycles. The van der Waals surface area contributed by atoms with E-state index in [2.05, 4.69) is 28.6 Å². The lowest BCUT2D eigenvalue weighted by Gasteiger charge is -2.04. The van der Waals surface area contributed by atoms with Crippen molar-refractivity contribution >= 4 is 34.5 Å². The number of thiol groups is 1. The van der Waals surface area contributed by atoms with Crippen LogP contribution in [0.15, 0.2) is 28.7 Å². The number of amides is 1. The van der Waals surface area contributed by atoms with Gasteiger partial charge in [-0.2, -0.15) is 12.6 Å². The first-order chi connectivity index (χ1) is 5.61. The van der Waals surface area contributed by atoms with Crippen LogP contribution in [0.25, 0.3) is 0 Å². The second-order valence-corrected chi connectivity index (χ2v) is 3.75. The first-order valence-electron chi connectivity index (χ1n) is 3.30. The molecule has 0 saturated heterocycles. The van der Waals surface area contributed by atoms with Crippen molar-refractivity contribution in [2.75, 3.05) is 0 Å². The highest BCUT2D eigenvalue weighted by Crippen LogP contribution is 2.21. The van der Waals surface area contributed by atoms with E-state index in [9.17, 15) is 4.79 Å². The number of hydrogen-bond acceptors (Lipinski definition) is 2. The fourth-order valence-corrected chi connectivity index (χ4v) is 1.23. The lowest BCUT2D eigenvalue weighted by Crippen LogP contribution is -2.06. The smallest absolute Gasteiger partial charge is 0.255 e. The van der Waals surface area contributed by atoms with Crippen LogP contribution >= 0.6 is 28.6 Å². The van der Waals surface area contributed by atoms with Gasteiger partial charge in [0.2, 0.25) is 0 Å². The SMILES string of the molecule is [NH]C(=O)C(S)c1ccc(Br)cc1. The first kappa shape index (κ1) is 9.61. The van der Waals surface area contributed by atoms with Crippen molar-refractivity contribution in [3.05, 3.63) is 34.3 Å². The Morgan fingerprint density at radius 2 is 1.92 bits per heavy atom. The summed E-state index contributed by atoms with van der Waals surface area (Å²) in [4.78, 5) is 10.6. The minimum atomic E-state index is -0.680. The maximum absolute atomic E-state index is 10.6. The second kappa shape index (κ2) is 3.96. The molecule has 1 amide bonds. The normalized spacial score (nSPS) is 12.5. The fourth-order valence-electron chi connectivity index (χ4n) is 0.796. The summed E-state index contributed by atoms with van der Waals surface area (Å²) < 4.78 is 0.948. The minimum Gasteiger partial charge on any atom is -0.272 e. The molecule has 4 heteroatoms. The van der Waals surface area contributed by atoms with Gasteiger partial charge in [0.15, 0.2) is 0 Å². The van der Waals surface area contributed by atoms with Gasteiger partial charge >= 0.3 is 0 Å². The van der Waals surface area contributed by atoms with Crippen molar-refractivity contribution in [2.24, 2.45) is 0 Å². The highest BCUT2D eigenvalue weighted by Gasteiger charge is 2.12. The van der Waals surface area contributed by atoms with E-state index in [0.29, 0.717) is 0 Å². The van der Waals surface area contributed by atoms with E-state index in [1.165, 1.54) is 0 Å². The molecular weight excluding hydrogens is 238 g/mol. The number of carbonyl (C=O) groups excluding carboxylic acids is 1. The third-order valence-electron chi connectivity index (χ3n) is 1.43. The molecule has 1 radical (unpaired) electrons. The molecule has 1 aromatic carbocycles. The molecule has 63 valence electrons. The Balaban J connectivity index is 2.89. The summed E-state index contributed by atoms with van der Waals surface area (Å²) in [5.41, 5.74) is 7.60. The van der Waals surface area contributed by atoms with Crippen LogP contribution in [0.5, 0.6) is 0 Å². The van der Waals surface area contributed by atoms with Gasteiger partial charge in [0, 0.05) is 4.47 Å². The second-order valence-electron chi connectivity index (χ2n) is 2.32. The van der Waals surface area contributed by atoms with Crippen molar-refractivity contribution in [3.63, 3.8) is 0 Å². The Hall–Kier alpha value is -0.480. The quantitative estimate of drug-likeness (QED) is 0.797. The molecule has 0 fully saturated rings. The topological polar surface area (TPSA) is 40.9 Å². The van der Waals surface area contributed by atoms with Crippen LogP contribution in [-0.2, 0) is 4.79 Å². The summed E-state index contributed by atoms with van der Waals surface area (Å²) in [5, 5.41) is -0.627. The van der Waals surface area contributed by atoms with E-state index in [0.717, 1.165) is 10.0 Å². The molecule has 1 atom stereocenters. The lowest BCUT2D eigenvalue weighted by molar-refractivity contribution is -0.118. The molecule has 12 heavy (non-hydrogen) atoms. The summed E-state index contributed by atoms with van der Waals surface area (Å²) in [6.07, 6.45) is 0. The van der Waals surface area contributed by atoms with Crippen molar-refractivity contribution in [2.45, 2.75) is 5.25 Å². The van der Waals surface area contributed by atoms with Crippen molar-refractivity contribution in [1.29, 1.82) is 0 Å². The number of nitrogens with one attached hydrogen (secondary N) is 1. The molecule has 1 unspecified atom stereocenters. The number of hydrogen-bond donors (Lipinski definition) is 1. The highest BCUT2D eigenvalue weighted by molar-refractivity contribution is 9.10. The standard InChI is InChI=1S/C8H7BrNOS/c9-6-3-1-5(2-4-6)7(12)8(10)11/h1-4,7,10,12H. The largest absolute Gasteiger partial charge is 0.272 e. The summed E-state index contributed by atoms with van der Waals surface area (Å²) >= 11 is 7.27. The molecule has 0 aliphatic rings. The van der Waals surface area contributed by atoms with Gasteiger partial charge in [-0.15, -0.1) is 0 Å². The van der Waals surface area contributed by atoms with E-state index in [1.807, 2.05) is 12.1 Å². The van der Waals surface area contributed by atoms with Crippen LogP contribution in [0, 0.1) is 0 Å². The molecule has 0 saturated carbocycles. The van der Waals surface area contributed by atoms with Gasteiger partial charge in [0.1, 0.15) is 5.25 Å². The van der Waals surface area contributed by atoms with E-state index in [-0.39, 0.29) is 0 Å². The van der Waals surface area contributed by atoms with Gasteiger partial charge < -0.3 is 0 Å². The molecule has 1 aromatic rings. The monoisotopic (exact) mass is 244 g/mol. The zero-order chi connectivity index (χ0) is 9.14. The van der Waals surface area contributed by atoms with Gasteiger partial charge in [-0.3, -0.25) is 10.5 Å². The molecule has 0 bridgehead atoms. The Labute approximate surface area is 84.7 Å². The predicted molar refractivity (Wildman–Crippen MR) is 54.0 cm³/mol. The van der Waals surface area contributed by atoms with Gasteiger partial charge in [0.05, 0.1) is 0 Å². The highest BCUT2D eigenvalue weighted by atomic mass is 79.9. The van der Waals surface area contributed by atoms with Gasteiger partial charge in [-0.25, -0.2) is 0 Å². The van der Waals surface area contributed by atoms with E-state index < -0.39 is 11.2 Å². The van der Waals surface area contributed by atoms with Crippen LogP contribution in [0.2, 0.25) is 0 Å². The third-order valence-corrected chi connectivity index (χ3v) is 2.50. The number of halogens is 1. The van der Waals surface area contributed by atoms with Crippen LogP contribution in [-0.4, -0.2) is 5.91 Å². The van der Waals surface area contributed by atoms with Crippen LogP contribution in [0.3, 0.4) is 0 Å². The summed E-state index contributed by atoms with van der Waals surface area (Å²) in [7, 11) is 0. The number of rotatable bonds is 2. The third kappa shape index (κ3) is 2.25. The molecule has 0 aromatic heterocycles. The van der Waals surface area contributed by atoms with E-state index in [4.69, 9.17) is 5.73 Å². The average molecular weight is 245 g/mol. The maximum Gasteiger partial charge on any atom is 0.255 e. The first-order valence-corrected chi connectivity index (χ1v) is 4.61. The minimum absolute atomic E-state index is 0.627. The Kier molecular flexibility index (Phi) is 3.17. The molecule has 1 rings (SSSR count). The van der Waals surface area contributed by atoms with Crippen LogP contribution in [0.4, 0.5) is 0 Å². The zero-order valence-corrected chi connectivity index (χ0v) is 8.60.